The summed E-state index contributed by atoms with van der Waals surface area (Å²) in [7, 11) is 0. The van der Waals surface area contributed by atoms with Gasteiger partial charge in [0, 0.05) is 43.2 Å². The molecular formula is C23H38N4O2. The fourth-order valence-electron chi connectivity index (χ4n) is 4.84. The molecule has 2 aliphatic carbocycles. The van der Waals surface area contributed by atoms with E-state index in [1.165, 1.54) is 0 Å². The van der Waals surface area contributed by atoms with Gasteiger partial charge in [-0.15, -0.1) is 0 Å². The van der Waals surface area contributed by atoms with Gasteiger partial charge in [-0.3, -0.25) is 9.69 Å². The van der Waals surface area contributed by atoms with Crippen LogP contribution in [-0.2, 0) is 4.79 Å². The molecule has 4 atom stereocenters. The zero-order valence-electron chi connectivity index (χ0n) is 18.0. The summed E-state index contributed by atoms with van der Waals surface area (Å²) in [6.45, 7) is 10.5. The molecule has 1 amide bonds. The lowest BCUT2D eigenvalue weighted by Crippen LogP contribution is -2.59. The molecule has 1 unspecified atom stereocenters. The molecule has 0 aromatic rings. The van der Waals surface area contributed by atoms with Gasteiger partial charge in [-0.2, -0.15) is 0 Å². The zero-order chi connectivity index (χ0) is 21.0. The van der Waals surface area contributed by atoms with Crippen molar-refractivity contribution >= 4 is 5.91 Å². The van der Waals surface area contributed by atoms with Gasteiger partial charge < -0.3 is 21.1 Å². The van der Waals surface area contributed by atoms with Crippen molar-refractivity contribution in [3.63, 3.8) is 0 Å². The summed E-state index contributed by atoms with van der Waals surface area (Å²) in [5, 5.41) is 14.3. The highest BCUT2D eigenvalue weighted by Crippen LogP contribution is 2.37. The van der Waals surface area contributed by atoms with E-state index in [-0.39, 0.29) is 23.8 Å². The normalized spacial score (nSPS) is 31.5. The second kappa shape index (κ2) is 9.45. The van der Waals surface area contributed by atoms with Crippen LogP contribution in [0.3, 0.4) is 0 Å². The van der Waals surface area contributed by atoms with Crippen LogP contribution in [0, 0.1) is 11.8 Å². The molecule has 0 aromatic carbocycles. The summed E-state index contributed by atoms with van der Waals surface area (Å²) in [6, 6.07) is 0.201. The Bertz CT molecular complexity index is 655. The summed E-state index contributed by atoms with van der Waals surface area (Å²) in [4.78, 5) is 17.4. The van der Waals surface area contributed by atoms with Crippen molar-refractivity contribution in [3.05, 3.63) is 36.6 Å². The molecule has 1 saturated heterocycles. The number of hydrogen-bond acceptors (Lipinski definition) is 5. The highest BCUT2D eigenvalue weighted by molar-refractivity contribution is 5.80. The van der Waals surface area contributed by atoms with Crippen LogP contribution in [0.1, 0.15) is 52.4 Å². The predicted octanol–water partition coefficient (Wildman–Crippen LogP) is 2.33. The van der Waals surface area contributed by atoms with Gasteiger partial charge in [-0.1, -0.05) is 31.6 Å². The molecule has 4 N–H and O–H groups in total. The number of rotatable bonds is 7. The van der Waals surface area contributed by atoms with Crippen LogP contribution in [0.25, 0.3) is 0 Å². The molecule has 162 valence electrons. The molecule has 1 heterocycles. The Morgan fingerprint density at radius 3 is 2.66 bits per heavy atom. The lowest BCUT2D eigenvalue weighted by atomic mass is 9.77. The molecule has 2 saturated carbocycles. The van der Waals surface area contributed by atoms with Crippen LogP contribution in [0.15, 0.2) is 36.6 Å². The third kappa shape index (κ3) is 5.30. The number of nitrogens with one attached hydrogen (secondary N) is 1. The summed E-state index contributed by atoms with van der Waals surface area (Å²) in [5.74, 6) is -0.146. The van der Waals surface area contributed by atoms with E-state index in [9.17, 15) is 9.90 Å². The van der Waals surface area contributed by atoms with Crippen LogP contribution >= 0.6 is 0 Å². The van der Waals surface area contributed by atoms with E-state index < -0.39 is 11.9 Å². The van der Waals surface area contributed by atoms with E-state index in [1.807, 2.05) is 25.2 Å². The number of piperazine rings is 1. The molecule has 0 radical (unpaired) electrons. The first-order valence-corrected chi connectivity index (χ1v) is 11.1. The van der Waals surface area contributed by atoms with E-state index in [0.717, 1.165) is 63.9 Å². The molecular weight excluding hydrogens is 364 g/mol. The fourth-order valence-corrected chi connectivity index (χ4v) is 4.84. The van der Waals surface area contributed by atoms with Gasteiger partial charge in [0.2, 0.25) is 5.91 Å². The predicted molar refractivity (Wildman–Crippen MR) is 117 cm³/mol. The zero-order valence-corrected chi connectivity index (χ0v) is 18.0. The van der Waals surface area contributed by atoms with Crippen molar-refractivity contribution < 1.29 is 9.90 Å². The SMILES string of the molecule is C=C/C=C(\C=C/C)N1CCN(C(O)[C@@H]2CCCC[C@H]2C(=O)NC2(N)CC2)[C@H](C)C1. The van der Waals surface area contributed by atoms with Gasteiger partial charge in [0.05, 0.1) is 5.66 Å². The van der Waals surface area contributed by atoms with Crippen molar-refractivity contribution in [1.29, 1.82) is 0 Å². The van der Waals surface area contributed by atoms with Gasteiger partial charge in [0.15, 0.2) is 0 Å². The Morgan fingerprint density at radius 2 is 2.03 bits per heavy atom. The second-order valence-electron chi connectivity index (χ2n) is 8.97. The van der Waals surface area contributed by atoms with Gasteiger partial charge in [0.1, 0.15) is 6.23 Å². The summed E-state index contributed by atoms with van der Waals surface area (Å²) >= 11 is 0. The Hall–Kier alpha value is -1.63. The van der Waals surface area contributed by atoms with Crippen molar-refractivity contribution in [2.24, 2.45) is 17.6 Å². The number of hydrogen-bond donors (Lipinski definition) is 3. The first-order valence-electron chi connectivity index (χ1n) is 11.1. The number of amides is 1. The average molecular weight is 403 g/mol. The maximum Gasteiger partial charge on any atom is 0.224 e. The molecule has 29 heavy (non-hydrogen) atoms. The number of carbonyl (C=O) groups excluding carboxylic acids is 1. The van der Waals surface area contributed by atoms with Crippen LogP contribution in [-0.4, -0.2) is 58.4 Å². The second-order valence-corrected chi connectivity index (χ2v) is 8.97. The minimum atomic E-state index is -0.593. The van der Waals surface area contributed by atoms with Crippen molar-refractivity contribution in [2.75, 3.05) is 19.6 Å². The van der Waals surface area contributed by atoms with Crippen molar-refractivity contribution in [1.82, 2.24) is 15.1 Å². The van der Waals surface area contributed by atoms with Crippen molar-refractivity contribution in [3.8, 4) is 0 Å². The van der Waals surface area contributed by atoms with Crippen LogP contribution in [0.4, 0.5) is 0 Å². The third-order valence-electron chi connectivity index (χ3n) is 6.71. The van der Waals surface area contributed by atoms with Crippen LogP contribution in [0.5, 0.6) is 0 Å². The molecule has 0 aromatic heterocycles. The van der Waals surface area contributed by atoms with E-state index in [1.54, 1.807) is 0 Å². The van der Waals surface area contributed by atoms with E-state index in [4.69, 9.17) is 5.73 Å². The highest BCUT2D eigenvalue weighted by Gasteiger charge is 2.45. The summed E-state index contributed by atoms with van der Waals surface area (Å²) < 4.78 is 0. The minimum Gasteiger partial charge on any atom is -0.378 e. The Morgan fingerprint density at radius 1 is 1.31 bits per heavy atom. The number of nitrogens with zero attached hydrogens (tertiary/aromatic N) is 2. The largest absolute Gasteiger partial charge is 0.378 e. The van der Waals surface area contributed by atoms with E-state index in [0.29, 0.717) is 0 Å². The molecule has 1 aliphatic heterocycles. The van der Waals surface area contributed by atoms with Crippen LogP contribution in [0.2, 0.25) is 0 Å². The number of aliphatic hydroxyl groups is 1. The van der Waals surface area contributed by atoms with E-state index >= 15 is 0 Å². The standard InChI is InChI=1S/C23H38N4O2/c1-4-8-18(9-5-2)26-14-15-27(17(3)16-26)22(29)20-11-7-6-10-19(20)21(28)25-23(24)12-13-23/h4-5,8-9,17,19-20,22,29H,1,6-7,10-16,24H2,2-3H3,(H,25,28)/b9-5-,18-8+/t17-,19-,20-,22?/m1/s1. The average Bonchev–Trinajstić information content (AvgIpc) is 3.43. The first-order chi connectivity index (χ1) is 13.9. The number of allylic oxidation sites excluding steroid dienone is 4. The highest BCUT2D eigenvalue weighted by atomic mass is 16.3. The summed E-state index contributed by atoms with van der Waals surface area (Å²) in [6.07, 6.45) is 12.9. The Balaban J connectivity index is 1.65. The maximum atomic E-state index is 12.9. The Kier molecular flexibility index (Phi) is 7.19. The molecule has 0 spiro atoms. The number of aliphatic hydroxyl groups excluding tert-OH is 1. The third-order valence-corrected chi connectivity index (χ3v) is 6.71. The molecule has 6 heteroatoms. The minimum absolute atomic E-state index is 0.0289. The quantitative estimate of drug-likeness (QED) is 0.450. The molecule has 3 aliphatic rings. The Labute approximate surface area is 175 Å². The monoisotopic (exact) mass is 402 g/mol. The number of carbonyl (C=O) groups is 1. The lowest BCUT2D eigenvalue weighted by molar-refractivity contribution is -0.140. The molecule has 3 rings (SSSR count). The van der Waals surface area contributed by atoms with Gasteiger partial charge in [-0.25, -0.2) is 0 Å². The number of nitrogens with two attached hydrogens (primary N) is 1. The lowest BCUT2D eigenvalue weighted by Gasteiger charge is -2.47. The summed E-state index contributed by atoms with van der Waals surface area (Å²) in [5.41, 5.74) is 6.76. The maximum absolute atomic E-state index is 12.9. The molecule has 6 nitrogen and oxygen atoms in total. The molecule has 3 fully saturated rings. The van der Waals surface area contributed by atoms with Gasteiger partial charge in [-0.05, 0) is 51.7 Å². The first kappa shape index (κ1) is 22.1. The topological polar surface area (TPSA) is 81.8 Å². The molecule has 0 bridgehead atoms. The van der Waals surface area contributed by atoms with Crippen LogP contribution < -0.4 is 11.1 Å². The smallest absolute Gasteiger partial charge is 0.224 e. The van der Waals surface area contributed by atoms with Crippen molar-refractivity contribution in [2.45, 2.75) is 70.3 Å². The van der Waals surface area contributed by atoms with Gasteiger partial charge in [0.25, 0.3) is 0 Å². The van der Waals surface area contributed by atoms with Gasteiger partial charge >= 0.3 is 0 Å². The fraction of sp³-hybridized carbons (Fsp3) is 0.696. The van der Waals surface area contributed by atoms with E-state index in [2.05, 4.69) is 34.7 Å².